The van der Waals surface area contributed by atoms with Crippen LogP contribution in [-0.2, 0) is 0 Å². The Balaban J connectivity index is -0.0000000450. The monoisotopic (exact) mass is 96.0 g/mol. The first-order chi connectivity index (χ1) is 1.73. The maximum atomic E-state index is 8.33. The van der Waals surface area contributed by atoms with E-state index in [1.165, 1.54) is 0 Å². The summed E-state index contributed by atoms with van der Waals surface area (Å²) >= 11 is 0. The molecule has 0 atom stereocenters. The summed E-state index contributed by atoms with van der Waals surface area (Å²) in [6.07, 6.45) is -2.33. The van der Waals surface area contributed by atoms with Crippen LogP contribution in [0.3, 0.4) is 0 Å². The molecule has 0 radical (unpaired) electrons. The number of quaternary nitrogens is 1. The number of rotatable bonds is 0. The number of carbonyl (C=O) groups is 1. The van der Waals surface area contributed by atoms with Crippen LogP contribution >= 0.6 is 0 Å². The van der Waals surface area contributed by atoms with Gasteiger partial charge < -0.3 is 26.6 Å². The highest BCUT2D eigenvalue weighted by Crippen LogP contribution is 1.21. The van der Waals surface area contributed by atoms with E-state index in [2.05, 4.69) is 0 Å². The first kappa shape index (κ1) is 19.0. The SMILES string of the molecule is O.O=C([O-])[O-].[NH4+]. The molecule has 0 bridgehead atoms. The topological polar surface area (TPSA) is 131 Å². The zero-order valence-electron chi connectivity index (χ0n) is 3.22. The molecule has 0 spiro atoms. The number of carbonyl (C=O) groups excluding carboxylic acids is 1. The lowest BCUT2D eigenvalue weighted by molar-refractivity contribution is -0.415. The van der Waals surface area contributed by atoms with Gasteiger partial charge in [0.25, 0.3) is 0 Å². The third-order valence-corrected chi connectivity index (χ3v) is 0. The Morgan fingerprint density at radius 1 is 1.33 bits per heavy atom. The van der Waals surface area contributed by atoms with Gasteiger partial charge in [0.15, 0.2) is 0 Å². The van der Waals surface area contributed by atoms with Crippen molar-refractivity contribution in [2.45, 2.75) is 0 Å². The zero-order valence-corrected chi connectivity index (χ0v) is 3.22. The van der Waals surface area contributed by atoms with Crippen LogP contribution in [0.15, 0.2) is 0 Å². The predicted octanol–water partition coefficient (Wildman–Crippen LogP) is -2.90. The van der Waals surface area contributed by atoms with E-state index in [0.29, 0.717) is 0 Å². The lowest BCUT2D eigenvalue weighted by Gasteiger charge is -1.96. The van der Waals surface area contributed by atoms with Crippen LogP contribution in [0.4, 0.5) is 4.79 Å². The fourth-order valence-electron chi connectivity index (χ4n) is 0. The number of carboxylic acid groups (broad SMARTS) is 2. The number of hydrogen-bond donors (Lipinski definition) is 1. The average Bonchev–Trinajstić information content (AvgIpc) is 0.811. The summed E-state index contributed by atoms with van der Waals surface area (Å²) in [5, 5.41) is 16.7. The van der Waals surface area contributed by atoms with Crippen molar-refractivity contribution < 1.29 is 20.5 Å². The first-order valence-electron chi connectivity index (χ1n) is 0.612. The molecule has 6 N–H and O–H groups in total. The fourth-order valence-corrected chi connectivity index (χ4v) is 0. The second kappa shape index (κ2) is 8.89. The summed E-state index contributed by atoms with van der Waals surface area (Å²) in [5.74, 6) is 0. The zero-order chi connectivity index (χ0) is 3.58. The standard InChI is InChI=1S/CH2O3.H3N.H2O/c2-1(3)4;;/h(H2,2,3,4);1H3;1H2/p-1. The summed E-state index contributed by atoms with van der Waals surface area (Å²) < 4.78 is 0. The van der Waals surface area contributed by atoms with Gasteiger partial charge in [-0.2, -0.15) is 0 Å². The van der Waals surface area contributed by atoms with Crippen molar-refractivity contribution in [3.8, 4) is 0 Å². The van der Waals surface area contributed by atoms with Crippen LogP contribution in [0.1, 0.15) is 0 Å². The smallest absolute Gasteiger partial charge is 0.0431 e. The molecule has 5 nitrogen and oxygen atoms in total. The van der Waals surface area contributed by atoms with Crippen LogP contribution in [0.2, 0.25) is 0 Å². The van der Waals surface area contributed by atoms with Gasteiger partial charge in [0.1, 0.15) is 0 Å². The van der Waals surface area contributed by atoms with E-state index in [1.807, 2.05) is 0 Å². The minimum atomic E-state index is -2.33. The van der Waals surface area contributed by atoms with Crippen molar-refractivity contribution in [3.63, 3.8) is 0 Å². The van der Waals surface area contributed by atoms with Crippen LogP contribution in [0.25, 0.3) is 0 Å². The second-order valence-electron chi connectivity index (χ2n) is 0.250. The highest BCUT2D eigenvalue weighted by atomic mass is 16.6. The van der Waals surface area contributed by atoms with E-state index >= 15 is 0 Å². The molecule has 0 aromatic carbocycles. The molecule has 0 aromatic heterocycles. The largest absolute Gasteiger partial charge is 0.652 e. The second-order valence-corrected chi connectivity index (χ2v) is 0.250. The molecule has 6 heavy (non-hydrogen) atoms. The quantitative estimate of drug-likeness (QED) is 0.347. The van der Waals surface area contributed by atoms with E-state index in [0.717, 1.165) is 0 Å². The summed E-state index contributed by atoms with van der Waals surface area (Å²) in [7, 11) is 0. The van der Waals surface area contributed by atoms with Gasteiger partial charge in [-0.05, 0) is 6.16 Å². The molecule has 0 amide bonds. The highest BCUT2D eigenvalue weighted by molar-refractivity contribution is 5.47. The van der Waals surface area contributed by atoms with Crippen molar-refractivity contribution in [1.29, 1.82) is 0 Å². The summed E-state index contributed by atoms with van der Waals surface area (Å²) in [5.41, 5.74) is 0. The van der Waals surface area contributed by atoms with Crippen LogP contribution in [-0.4, -0.2) is 11.6 Å². The maximum Gasteiger partial charge on any atom is -0.0431 e. The molecule has 0 saturated heterocycles. The molecule has 0 aliphatic rings. The van der Waals surface area contributed by atoms with Crippen LogP contribution in [0, 0.1) is 0 Å². The van der Waals surface area contributed by atoms with E-state index < -0.39 is 6.16 Å². The van der Waals surface area contributed by atoms with Crippen LogP contribution < -0.4 is 16.4 Å². The molecular weight excluding hydrogens is 90.0 g/mol. The molecular formula is CH6NO4-. The third kappa shape index (κ3) is 23.3. The highest BCUT2D eigenvalue weighted by Gasteiger charge is 1.26. The van der Waals surface area contributed by atoms with E-state index in [-0.39, 0.29) is 11.6 Å². The Labute approximate surface area is 34.1 Å². The van der Waals surface area contributed by atoms with Crippen molar-refractivity contribution in [3.05, 3.63) is 0 Å². The molecule has 0 aliphatic carbocycles. The van der Waals surface area contributed by atoms with Crippen molar-refractivity contribution >= 4 is 6.16 Å². The molecule has 5 heteroatoms. The Morgan fingerprint density at radius 2 is 1.33 bits per heavy atom. The van der Waals surface area contributed by atoms with Crippen molar-refractivity contribution in [1.82, 2.24) is 6.15 Å². The van der Waals surface area contributed by atoms with E-state index in [1.54, 1.807) is 0 Å². The molecule has 0 unspecified atom stereocenters. The summed E-state index contributed by atoms with van der Waals surface area (Å²) in [6, 6.07) is 0. The minimum absolute atomic E-state index is 0. The first-order valence-corrected chi connectivity index (χ1v) is 0.612. The van der Waals surface area contributed by atoms with Gasteiger partial charge >= 0.3 is 0 Å². The molecule has 40 valence electrons. The van der Waals surface area contributed by atoms with Crippen molar-refractivity contribution in [2.75, 3.05) is 0 Å². The van der Waals surface area contributed by atoms with Gasteiger partial charge in [0.2, 0.25) is 0 Å². The normalized spacial score (nSPS) is 4.00. The lowest BCUT2D eigenvalue weighted by atomic mass is 11.5. The molecule has 0 aromatic rings. The van der Waals surface area contributed by atoms with Gasteiger partial charge in [-0.15, -0.1) is 0 Å². The van der Waals surface area contributed by atoms with Gasteiger partial charge in [0.05, 0.1) is 0 Å². The Morgan fingerprint density at radius 3 is 1.33 bits per heavy atom. The Hall–Kier alpha value is -0.810. The predicted molar refractivity (Wildman–Crippen MR) is 15.0 cm³/mol. The average molecular weight is 96.1 g/mol. The summed E-state index contributed by atoms with van der Waals surface area (Å²) in [4.78, 5) is 8.33. The third-order valence-electron chi connectivity index (χ3n) is 0. The maximum absolute atomic E-state index is 8.33. The molecule has 0 heterocycles. The van der Waals surface area contributed by atoms with E-state index in [4.69, 9.17) is 15.0 Å². The number of hydrogen-bond acceptors (Lipinski definition) is 3. The fraction of sp³-hybridized carbons (Fsp3) is 0. The molecule has 0 saturated carbocycles. The van der Waals surface area contributed by atoms with Gasteiger partial charge in [-0.1, -0.05) is 0 Å². The molecule has 0 aliphatic heterocycles. The van der Waals surface area contributed by atoms with Gasteiger partial charge in [0, 0.05) is 0 Å². The minimum Gasteiger partial charge on any atom is -0.652 e. The van der Waals surface area contributed by atoms with Crippen molar-refractivity contribution in [2.24, 2.45) is 0 Å². The van der Waals surface area contributed by atoms with E-state index in [9.17, 15) is 0 Å². The Bertz CT molecular complexity index is 30.5. The molecule has 0 fully saturated rings. The Kier molecular flexibility index (Phi) is 28.1. The lowest BCUT2D eigenvalue weighted by Crippen LogP contribution is -2.37. The summed E-state index contributed by atoms with van der Waals surface area (Å²) in [6.45, 7) is 0. The van der Waals surface area contributed by atoms with Gasteiger partial charge in [-0.3, -0.25) is 0 Å². The van der Waals surface area contributed by atoms with Gasteiger partial charge in [-0.25, -0.2) is 0 Å². The molecule has 0 rings (SSSR count). The van der Waals surface area contributed by atoms with Crippen LogP contribution in [0.5, 0.6) is 0 Å².